The Morgan fingerprint density at radius 3 is 2.36 bits per heavy atom. The van der Waals surface area contributed by atoms with E-state index in [1.165, 1.54) is 19.2 Å². The lowest BCUT2D eigenvalue weighted by atomic mass is 10.0. The number of ether oxygens (including phenoxy) is 2. The highest BCUT2D eigenvalue weighted by Gasteiger charge is 2.33. The zero-order valence-electron chi connectivity index (χ0n) is 13.0. The average molecular weight is 319 g/mol. The minimum absolute atomic E-state index is 0.0343. The zero-order valence-corrected chi connectivity index (χ0v) is 13.0. The van der Waals surface area contributed by atoms with E-state index in [9.17, 15) is 18.0 Å². The number of amides is 1. The Kier molecular flexibility index (Phi) is 5.82. The van der Waals surface area contributed by atoms with Crippen LogP contribution in [0.2, 0.25) is 0 Å². The number of alkyl carbamates (subject to hydrolysis) is 1. The summed E-state index contributed by atoms with van der Waals surface area (Å²) in [5.41, 5.74) is -0.942. The summed E-state index contributed by atoms with van der Waals surface area (Å²) in [6.45, 7) is 4.94. The fourth-order valence-electron chi connectivity index (χ4n) is 1.81. The van der Waals surface area contributed by atoms with E-state index in [0.717, 1.165) is 6.07 Å². The molecule has 0 bridgehead atoms. The van der Waals surface area contributed by atoms with E-state index in [0.29, 0.717) is 5.56 Å². The van der Waals surface area contributed by atoms with Crippen molar-refractivity contribution >= 4 is 6.09 Å². The molecule has 1 amide bonds. The number of halogens is 3. The van der Waals surface area contributed by atoms with Crippen LogP contribution in [0, 0.1) is 0 Å². The summed E-state index contributed by atoms with van der Waals surface area (Å²) in [6, 6.07) is 3.70. The molecule has 124 valence electrons. The first-order valence-corrected chi connectivity index (χ1v) is 6.67. The lowest BCUT2D eigenvalue weighted by molar-refractivity contribution is -0.138. The molecule has 0 aromatic heterocycles. The summed E-state index contributed by atoms with van der Waals surface area (Å²) >= 11 is 0. The third kappa shape index (κ3) is 5.93. The van der Waals surface area contributed by atoms with E-state index in [1.807, 2.05) is 0 Å². The van der Waals surface area contributed by atoms with Gasteiger partial charge in [0.15, 0.2) is 0 Å². The lowest BCUT2D eigenvalue weighted by Gasteiger charge is -2.20. The Balaban J connectivity index is 2.90. The van der Waals surface area contributed by atoms with Gasteiger partial charge in [0.1, 0.15) is 5.60 Å². The quantitative estimate of drug-likeness (QED) is 0.916. The molecule has 1 N–H and O–H groups in total. The number of nitrogens with one attached hydrogen (secondary N) is 1. The molecular weight excluding hydrogens is 299 g/mol. The van der Waals surface area contributed by atoms with E-state index in [4.69, 9.17) is 9.47 Å². The maximum atomic E-state index is 13.0. The van der Waals surface area contributed by atoms with Crippen LogP contribution in [0.5, 0.6) is 0 Å². The third-order valence-electron chi connectivity index (χ3n) is 2.61. The van der Waals surface area contributed by atoms with Gasteiger partial charge in [0.2, 0.25) is 0 Å². The topological polar surface area (TPSA) is 47.6 Å². The van der Waals surface area contributed by atoms with Gasteiger partial charge >= 0.3 is 12.3 Å². The Labute approximate surface area is 127 Å². The van der Waals surface area contributed by atoms with Gasteiger partial charge in [-0.05, 0) is 38.0 Å². The van der Waals surface area contributed by atoms with Crippen molar-refractivity contribution in [2.75, 3.05) is 7.11 Å². The van der Waals surface area contributed by atoms with Gasteiger partial charge in [-0.15, -0.1) is 0 Å². The van der Waals surface area contributed by atoms with Crippen LogP contribution >= 0.6 is 0 Å². The summed E-state index contributed by atoms with van der Waals surface area (Å²) in [4.78, 5) is 11.6. The van der Waals surface area contributed by atoms with Gasteiger partial charge < -0.3 is 14.8 Å². The van der Waals surface area contributed by atoms with E-state index in [1.54, 1.807) is 20.8 Å². The van der Waals surface area contributed by atoms with E-state index >= 15 is 0 Å². The van der Waals surface area contributed by atoms with Crippen molar-refractivity contribution in [1.82, 2.24) is 5.32 Å². The van der Waals surface area contributed by atoms with Crippen LogP contribution in [0.25, 0.3) is 0 Å². The second-order valence-corrected chi connectivity index (χ2v) is 5.78. The molecule has 1 rings (SSSR count). The number of methoxy groups -OCH3 is 1. The number of carbonyl (C=O) groups is 1. The highest BCUT2D eigenvalue weighted by Crippen LogP contribution is 2.32. The van der Waals surface area contributed by atoms with Gasteiger partial charge in [-0.1, -0.05) is 12.1 Å². The van der Waals surface area contributed by atoms with Crippen molar-refractivity contribution in [3.8, 4) is 0 Å². The van der Waals surface area contributed by atoms with E-state index in [-0.39, 0.29) is 18.7 Å². The predicted octanol–water partition coefficient (Wildman–Crippen LogP) is 3.88. The molecule has 0 aliphatic heterocycles. The van der Waals surface area contributed by atoms with Gasteiger partial charge in [-0.3, -0.25) is 0 Å². The Hall–Kier alpha value is -1.76. The monoisotopic (exact) mass is 319 g/mol. The van der Waals surface area contributed by atoms with Crippen LogP contribution in [-0.4, -0.2) is 18.8 Å². The normalized spacial score (nSPS) is 12.1. The van der Waals surface area contributed by atoms with Crippen molar-refractivity contribution in [3.63, 3.8) is 0 Å². The highest BCUT2D eigenvalue weighted by atomic mass is 19.4. The van der Waals surface area contributed by atoms with Gasteiger partial charge in [0.25, 0.3) is 0 Å². The molecule has 0 aliphatic carbocycles. The average Bonchev–Trinajstić information content (AvgIpc) is 2.33. The standard InChI is InChI=1S/C15H20F3NO3/c1-14(2,3)22-13(20)19-8-11-7-10(9-21-4)5-6-12(11)15(16,17)18/h5-7H,8-9H2,1-4H3,(H,19,20). The Morgan fingerprint density at radius 2 is 1.86 bits per heavy atom. The molecule has 22 heavy (non-hydrogen) atoms. The van der Waals surface area contributed by atoms with Crippen LogP contribution < -0.4 is 5.32 Å². The molecule has 0 saturated carbocycles. The molecule has 0 unspecified atom stereocenters. The molecule has 0 radical (unpaired) electrons. The first-order valence-electron chi connectivity index (χ1n) is 6.67. The fraction of sp³-hybridized carbons (Fsp3) is 0.533. The maximum Gasteiger partial charge on any atom is 0.416 e. The molecule has 0 aliphatic rings. The molecule has 0 fully saturated rings. The van der Waals surface area contributed by atoms with Crippen molar-refractivity contribution in [2.24, 2.45) is 0 Å². The van der Waals surface area contributed by atoms with Gasteiger partial charge in [-0.25, -0.2) is 4.79 Å². The van der Waals surface area contributed by atoms with Crippen molar-refractivity contribution in [3.05, 3.63) is 34.9 Å². The number of rotatable bonds is 4. The number of benzene rings is 1. The number of carbonyl (C=O) groups excluding carboxylic acids is 1. The summed E-state index contributed by atoms with van der Waals surface area (Å²) in [5.74, 6) is 0. The number of hydrogen-bond acceptors (Lipinski definition) is 3. The molecule has 0 spiro atoms. The van der Waals surface area contributed by atoms with Crippen LogP contribution in [0.15, 0.2) is 18.2 Å². The number of hydrogen-bond donors (Lipinski definition) is 1. The summed E-state index contributed by atoms with van der Waals surface area (Å²) in [7, 11) is 1.45. The highest BCUT2D eigenvalue weighted by molar-refractivity contribution is 5.67. The maximum absolute atomic E-state index is 13.0. The molecule has 1 aromatic rings. The Morgan fingerprint density at radius 1 is 1.23 bits per heavy atom. The molecule has 0 heterocycles. The van der Waals surface area contributed by atoms with E-state index < -0.39 is 23.4 Å². The molecule has 1 aromatic carbocycles. The first-order chi connectivity index (χ1) is 10.0. The van der Waals surface area contributed by atoms with E-state index in [2.05, 4.69) is 5.32 Å². The molecule has 4 nitrogen and oxygen atoms in total. The minimum Gasteiger partial charge on any atom is -0.444 e. The second-order valence-electron chi connectivity index (χ2n) is 5.78. The second kappa shape index (κ2) is 7.00. The first kappa shape index (κ1) is 18.3. The molecule has 0 saturated heterocycles. The van der Waals surface area contributed by atoms with Gasteiger partial charge in [0, 0.05) is 13.7 Å². The summed E-state index contributed by atoms with van der Waals surface area (Å²) in [5, 5.41) is 2.34. The van der Waals surface area contributed by atoms with Crippen molar-refractivity contribution < 1.29 is 27.4 Å². The molecule has 0 atom stereocenters. The van der Waals surface area contributed by atoms with Crippen LogP contribution in [0.1, 0.15) is 37.5 Å². The zero-order chi connectivity index (χ0) is 17.0. The molecule has 7 heteroatoms. The van der Waals surface area contributed by atoms with Crippen LogP contribution in [0.4, 0.5) is 18.0 Å². The predicted molar refractivity (Wildman–Crippen MR) is 75.2 cm³/mol. The summed E-state index contributed by atoms with van der Waals surface area (Å²) < 4.78 is 48.9. The van der Waals surface area contributed by atoms with Gasteiger partial charge in [-0.2, -0.15) is 13.2 Å². The van der Waals surface area contributed by atoms with Crippen LogP contribution in [-0.2, 0) is 28.8 Å². The lowest BCUT2D eigenvalue weighted by Crippen LogP contribution is -2.32. The largest absolute Gasteiger partial charge is 0.444 e. The smallest absolute Gasteiger partial charge is 0.416 e. The van der Waals surface area contributed by atoms with Crippen molar-refractivity contribution in [2.45, 2.75) is 45.7 Å². The van der Waals surface area contributed by atoms with Gasteiger partial charge in [0.05, 0.1) is 12.2 Å². The SMILES string of the molecule is COCc1ccc(C(F)(F)F)c(CNC(=O)OC(C)(C)C)c1. The fourth-order valence-corrected chi connectivity index (χ4v) is 1.81. The minimum atomic E-state index is -4.49. The Bertz CT molecular complexity index is 522. The number of alkyl halides is 3. The third-order valence-corrected chi connectivity index (χ3v) is 2.61. The van der Waals surface area contributed by atoms with Crippen molar-refractivity contribution in [1.29, 1.82) is 0 Å². The molecular formula is C15H20F3NO3. The van der Waals surface area contributed by atoms with Crippen LogP contribution in [0.3, 0.4) is 0 Å². The summed E-state index contributed by atoms with van der Waals surface area (Å²) in [6.07, 6.45) is -5.26.